The van der Waals surface area contributed by atoms with E-state index in [2.05, 4.69) is 0 Å². The van der Waals surface area contributed by atoms with E-state index >= 15 is 0 Å². The van der Waals surface area contributed by atoms with Gasteiger partial charge in [0.05, 0.1) is 23.7 Å². The van der Waals surface area contributed by atoms with E-state index in [4.69, 9.17) is 8.92 Å². The summed E-state index contributed by atoms with van der Waals surface area (Å²) in [5.74, 6) is 0.226. The van der Waals surface area contributed by atoms with Crippen molar-refractivity contribution >= 4 is 10.1 Å². The monoisotopic (exact) mass is 296 g/mol. The van der Waals surface area contributed by atoms with Gasteiger partial charge in [-0.1, -0.05) is 30.5 Å². The normalized spacial score (nSPS) is 30.1. The van der Waals surface area contributed by atoms with Crippen LogP contribution in [0.4, 0.5) is 0 Å². The molecule has 4 nitrogen and oxygen atoms in total. The smallest absolute Gasteiger partial charge is 0.297 e. The zero-order chi connectivity index (χ0) is 14.2. The van der Waals surface area contributed by atoms with Gasteiger partial charge in [0, 0.05) is 5.92 Å². The molecule has 1 aliphatic heterocycles. The van der Waals surface area contributed by atoms with E-state index in [1.807, 2.05) is 6.92 Å². The van der Waals surface area contributed by atoms with E-state index in [1.54, 1.807) is 24.3 Å². The Hall–Kier alpha value is -0.910. The fourth-order valence-corrected chi connectivity index (χ4v) is 4.04. The Bertz CT molecular complexity index is 560. The molecule has 5 heteroatoms. The lowest BCUT2D eigenvalue weighted by Gasteiger charge is -2.29. The van der Waals surface area contributed by atoms with Crippen LogP contribution in [0.15, 0.2) is 29.2 Å². The average Bonchev–Trinajstić information content (AvgIpc) is 3.24. The van der Waals surface area contributed by atoms with Gasteiger partial charge in [-0.3, -0.25) is 4.18 Å². The number of rotatable bonds is 4. The van der Waals surface area contributed by atoms with Gasteiger partial charge in [-0.25, -0.2) is 0 Å². The molecule has 0 amide bonds. The number of benzene rings is 1. The molecule has 1 unspecified atom stereocenters. The fourth-order valence-electron chi connectivity index (χ4n) is 2.90. The first kappa shape index (κ1) is 14.0. The Morgan fingerprint density at radius 2 is 1.80 bits per heavy atom. The number of epoxide rings is 1. The fraction of sp³-hybridized carbons (Fsp3) is 0.600. The van der Waals surface area contributed by atoms with Crippen LogP contribution in [0.3, 0.4) is 0 Å². The molecule has 0 N–H and O–H groups in total. The van der Waals surface area contributed by atoms with Crippen LogP contribution in [0.2, 0.25) is 0 Å². The largest absolute Gasteiger partial charge is 0.373 e. The van der Waals surface area contributed by atoms with Gasteiger partial charge in [0.15, 0.2) is 0 Å². The van der Waals surface area contributed by atoms with Gasteiger partial charge in [-0.15, -0.1) is 0 Å². The summed E-state index contributed by atoms with van der Waals surface area (Å²) < 4.78 is 35.5. The average molecular weight is 296 g/mol. The number of ether oxygens (including phenoxy) is 1. The molecule has 1 aliphatic carbocycles. The highest BCUT2D eigenvalue weighted by atomic mass is 32.2. The summed E-state index contributed by atoms with van der Waals surface area (Å²) in [5, 5.41) is 0. The zero-order valence-corrected chi connectivity index (χ0v) is 12.4. The van der Waals surface area contributed by atoms with E-state index in [0.717, 1.165) is 37.9 Å². The Labute approximate surface area is 120 Å². The Morgan fingerprint density at radius 1 is 1.15 bits per heavy atom. The van der Waals surface area contributed by atoms with Crippen molar-refractivity contribution in [1.82, 2.24) is 0 Å². The lowest BCUT2D eigenvalue weighted by molar-refractivity contribution is 0.0802. The molecule has 2 aliphatic rings. The highest BCUT2D eigenvalue weighted by Crippen LogP contribution is 2.36. The Kier molecular flexibility index (Phi) is 3.84. The van der Waals surface area contributed by atoms with Gasteiger partial charge in [-0.2, -0.15) is 8.42 Å². The van der Waals surface area contributed by atoms with E-state index in [1.165, 1.54) is 0 Å². The summed E-state index contributed by atoms with van der Waals surface area (Å²) in [6, 6.07) is 6.80. The lowest BCUT2D eigenvalue weighted by atomic mass is 9.84. The molecular weight excluding hydrogens is 276 g/mol. The molecule has 3 rings (SSSR count). The van der Waals surface area contributed by atoms with Crippen LogP contribution in [0.5, 0.6) is 0 Å². The minimum Gasteiger partial charge on any atom is -0.373 e. The van der Waals surface area contributed by atoms with Crippen LogP contribution in [0.1, 0.15) is 31.2 Å². The third-order valence-electron chi connectivity index (χ3n) is 4.15. The zero-order valence-electron chi connectivity index (χ0n) is 11.6. The van der Waals surface area contributed by atoms with Crippen molar-refractivity contribution in [3.63, 3.8) is 0 Å². The first-order valence-electron chi connectivity index (χ1n) is 7.18. The molecule has 2 fully saturated rings. The predicted molar refractivity (Wildman–Crippen MR) is 74.9 cm³/mol. The Balaban J connectivity index is 1.76. The number of hydrogen-bond acceptors (Lipinski definition) is 4. The van der Waals surface area contributed by atoms with Crippen molar-refractivity contribution in [3.05, 3.63) is 29.8 Å². The molecule has 0 radical (unpaired) electrons. The predicted octanol–water partition coefficient (Wildman–Crippen LogP) is 2.66. The van der Waals surface area contributed by atoms with E-state index in [0.29, 0.717) is 0 Å². The lowest BCUT2D eigenvalue weighted by Crippen LogP contribution is -2.33. The molecule has 1 aromatic carbocycles. The highest BCUT2D eigenvalue weighted by Gasteiger charge is 2.41. The quantitative estimate of drug-likeness (QED) is 0.633. The summed E-state index contributed by atoms with van der Waals surface area (Å²) in [5.41, 5.74) is 1.03. The standard InChI is InChI=1S/C15H20O4S/c1-11-6-8-12(9-7-11)20(16,17)19-14-5-3-2-4-13(14)15-10-18-15/h6-9,13-15H,2-5,10H2,1H3/t13-,14-,15?/m0/s1. The van der Waals surface area contributed by atoms with Crippen molar-refractivity contribution in [3.8, 4) is 0 Å². The molecule has 1 aromatic rings. The third kappa shape index (κ3) is 3.05. The molecule has 1 saturated carbocycles. The molecule has 0 spiro atoms. The number of hydrogen-bond donors (Lipinski definition) is 0. The summed E-state index contributed by atoms with van der Waals surface area (Å²) in [7, 11) is -3.67. The van der Waals surface area contributed by atoms with E-state index < -0.39 is 10.1 Å². The minimum absolute atomic E-state index is 0.202. The maximum Gasteiger partial charge on any atom is 0.297 e. The third-order valence-corrected chi connectivity index (χ3v) is 5.50. The topological polar surface area (TPSA) is 55.9 Å². The molecule has 3 atom stereocenters. The van der Waals surface area contributed by atoms with Crippen molar-refractivity contribution < 1.29 is 17.3 Å². The van der Waals surface area contributed by atoms with Gasteiger partial charge < -0.3 is 4.74 Å². The van der Waals surface area contributed by atoms with Crippen LogP contribution in [-0.2, 0) is 19.0 Å². The van der Waals surface area contributed by atoms with Crippen LogP contribution < -0.4 is 0 Å². The van der Waals surface area contributed by atoms with Crippen molar-refractivity contribution in [2.45, 2.75) is 49.7 Å². The molecule has 0 aromatic heterocycles. The molecule has 110 valence electrons. The van der Waals surface area contributed by atoms with Gasteiger partial charge in [0.1, 0.15) is 0 Å². The van der Waals surface area contributed by atoms with Crippen LogP contribution in [0, 0.1) is 12.8 Å². The summed E-state index contributed by atoms with van der Waals surface area (Å²) in [6.07, 6.45) is 3.93. The molecule has 0 bridgehead atoms. The molecule has 20 heavy (non-hydrogen) atoms. The first-order chi connectivity index (χ1) is 9.56. The summed E-state index contributed by atoms with van der Waals surface area (Å²) in [6.45, 7) is 2.67. The van der Waals surface area contributed by atoms with Gasteiger partial charge in [-0.05, 0) is 31.9 Å². The molecule has 1 saturated heterocycles. The highest BCUT2D eigenvalue weighted by molar-refractivity contribution is 7.86. The van der Waals surface area contributed by atoms with Gasteiger partial charge >= 0.3 is 0 Å². The molecule has 1 heterocycles. The van der Waals surface area contributed by atoms with E-state index in [9.17, 15) is 8.42 Å². The Morgan fingerprint density at radius 3 is 2.45 bits per heavy atom. The van der Waals surface area contributed by atoms with Gasteiger partial charge in [0.2, 0.25) is 0 Å². The van der Waals surface area contributed by atoms with Crippen LogP contribution in [-0.4, -0.2) is 27.2 Å². The second kappa shape index (κ2) is 5.47. The minimum atomic E-state index is -3.67. The van der Waals surface area contributed by atoms with Crippen molar-refractivity contribution in [2.75, 3.05) is 6.61 Å². The second-order valence-electron chi connectivity index (χ2n) is 5.72. The maximum absolute atomic E-state index is 12.3. The van der Waals surface area contributed by atoms with Crippen molar-refractivity contribution in [2.24, 2.45) is 5.92 Å². The first-order valence-corrected chi connectivity index (χ1v) is 8.59. The number of aryl methyl sites for hydroxylation is 1. The maximum atomic E-state index is 12.3. The summed E-state index contributed by atoms with van der Waals surface area (Å²) in [4.78, 5) is 0.240. The van der Waals surface area contributed by atoms with Crippen LogP contribution >= 0.6 is 0 Å². The van der Waals surface area contributed by atoms with E-state index in [-0.39, 0.29) is 23.0 Å². The second-order valence-corrected chi connectivity index (χ2v) is 7.29. The van der Waals surface area contributed by atoms with Crippen molar-refractivity contribution in [1.29, 1.82) is 0 Å². The summed E-state index contributed by atoms with van der Waals surface area (Å²) >= 11 is 0. The SMILES string of the molecule is Cc1ccc(S(=O)(=O)O[C@H]2CCCC[C@@H]2C2CO2)cc1. The molecular formula is C15H20O4S. The van der Waals surface area contributed by atoms with Crippen LogP contribution in [0.25, 0.3) is 0 Å². The van der Waals surface area contributed by atoms with Gasteiger partial charge in [0.25, 0.3) is 10.1 Å².